The third kappa shape index (κ3) is 8.39. The largest absolute Gasteiger partial charge is 0.429 e. The van der Waals surface area contributed by atoms with Crippen molar-refractivity contribution in [1.29, 1.82) is 0 Å². The minimum Gasteiger partial charge on any atom is -0.429 e. The lowest BCUT2D eigenvalue weighted by molar-refractivity contribution is -0.130. The number of hydrogen-bond donors (Lipinski definition) is 0. The number of ether oxygens (including phenoxy) is 2. The molecule has 5 aromatic carbocycles. The van der Waals surface area contributed by atoms with Gasteiger partial charge >= 0.3 is 5.97 Å². The summed E-state index contributed by atoms with van der Waals surface area (Å²) in [5, 5.41) is 0. The maximum absolute atomic E-state index is 12.0. The minimum absolute atomic E-state index is 0.332. The standard InChI is InChI=1S/C42H42N2O4/c1-5-6-8-11-32(4)43(35-12-9-7-10-13-35)36-18-14-33(15-19-36)34-16-20-37(21-17-34)44(38-22-26-40(27-23-38)47-30-45)39-24-28-41(29-25-39)48-42(46)31(2)3/h7,9-10,12-30,32H,2,5-6,8,11H2,1,3-4H3. The fraction of sp³-hybridized carbons (Fsp3) is 0.190. The number of carbonyl (C=O) groups is 2. The number of nitrogens with zero attached hydrogens (tertiary/aromatic N) is 2. The van der Waals surface area contributed by atoms with Gasteiger partial charge in [-0.25, -0.2) is 4.79 Å². The Labute approximate surface area is 283 Å². The van der Waals surface area contributed by atoms with Crippen LogP contribution in [0.4, 0.5) is 28.4 Å². The van der Waals surface area contributed by atoms with Crippen LogP contribution >= 0.6 is 0 Å². The first-order valence-corrected chi connectivity index (χ1v) is 16.4. The van der Waals surface area contributed by atoms with Gasteiger partial charge in [0.25, 0.3) is 6.47 Å². The Morgan fingerprint density at radius 3 is 1.67 bits per heavy atom. The van der Waals surface area contributed by atoms with Crippen LogP contribution in [0.15, 0.2) is 140 Å². The van der Waals surface area contributed by atoms with Gasteiger partial charge in [-0.1, -0.05) is 75.2 Å². The van der Waals surface area contributed by atoms with Gasteiger partial charge in [0.2, 0.25) is 0 Å². The first kappa shape index (κ1) is 33.7. The molecule has 0 N–H and O–H groups in total. The van der Waals surface area contributed by atoms with E-state index in [1.165, 1.54) is 30.6 Å². The molecule has 5 aromatic rings. The fourth-order valence-electron chi connectivity index (χ4n) is 5.72. The van der Waals surface area contributed by atoms with Gasteiger partial charge in [-0.2, -0.15) is 0 Å². The first-order chi connectivity index (χ1) is 23.4. The molecule has 0 bridgehead atoms. The molecular formula is C42H42N2O4. The minimum atomic E-state index is -0.469. The molecule has 6 heteroatoms. The first-order valence-electron chi connectivity index (χ1n) is 16.4. The van der Waals surface area contributed by atoms with Crippen molar-refractivity contribution in [2.75, 3.05) is 9.80 Å². The molecule has 244 valence electrons. The summed E-state index contributed by atoms with van der Waals surface area (Å²) < 4.78 is 10.4. The number of benzene rings is 5. The summed E-state index contributed by atoms with van der Waals surface area (Å²) in [6.07, 6.45) is 4.81. The monoisotopic (exact) mass is 638 g/mol. The molecule has 0 aromatic heterocycles. The number of para-hydroxylation sites is 1. The molecule has 1 atom stereocenters. The van der Waals surface area contributed by atoms with Gasteiger partial charge in [-0.05, 0) is 116 Å². The van der Waals surface area contributed by atoms with E-state index in [4.69, 9.17) is 9.47 Å². The maximum Gasteiger partial charge on any atom is 0.338 e. The van der Waals surface area contributed by atoms with Crippen LogP contribution in [0.5, 0.6) is 11.5 Å². The van der Waals surface area contributed by atoms with Crippen molar-refractivity contribution in [1.82, 2.24) is 0 Å². The van der Waals surface area contributed by atoms with Gasteiger partial charge < -0.3 is 19.3 Å². The zero-order valence-corrected chi connectivity index (χ0v) is 27.8. The average Bonchev–Trinajstić information content (AvgIpc) is 3.11. The van der Waals surface area contributed by atoms with Crippen LogP contribution in [0.1, 0.15) is 46.5 Å². The number of anilines is 5. The summed E-state index contributed by atoms with van der Waals surface area (Å²) in [6.45, 7) is 10.2. The van der Waals surface area contributed by atoms with Crippen molar-refractivity contribution < 1.29 is 19.1 Å². The van der Waals surface area contributed by atoms with Crippen LogP contribution < -0.4 is 19.3 Å². The molecule has 0 saturated heterocycles. The van der Waals surface area contributed by atoms with Crippen LogP contribution in [0.2, 0.25) is 0 Å². The van der Waals surface area contributed by atoms with Crippen molar-refractivity contribution in [2.24, 2.45) is 0 Å². The molecule has 0 aliphatic heterocycles. The highest BCUT2D eigenvalue weighted by molar-refractivity contribution is 5.89. The van der Waals surface area contributed by atoms with Gasteiger partial charge in [-0.3, -0.25) is 4.79 Å². The normalized spacial score (nSPS) is 11.3. The Balaban J connectivity index is 1.42. The molecular weight excluding hydrogens is 596 g/mol. The Morgan fingerprint density at radius 1 is 0.688 bits per heavy atom. The van der Waals surface area contributed by atoms with Crippen molar-refractivity contribution in [3.63, 3.8) is 0 Å². The predicted molar refractivity (Wildman–Crippen MR) is 196 cm³/mol. The summed E-state index contributed by atoms with van der Waals surface area (Å²) in [5.41, 5.74) is 7.60. The third-order valence-electron chi connectivity index (χ3n) is 8.24. The molecule has 0 aliphatic carbocycles. The van der Waals surface area contributed by atoms with Crippen LogP contribution in [0, 0.1) is 0 Å². The highest BCUT2D eigenvalue weighted by Gasteiger charge is 2.18. The topological polar surface area (TPSA) is 59.1 Å². The summed E-state index contributed by atoms with van der Waals surface area (Å²) in [7, 11) is 0. The second-order valence-electron chi connectivity index (χ2n) is 11.9. The molecule has 6 nitrogen and oxygen atoms in total. The van der Waals surface area contributed by atoms with Crippen LogP contribution in [-0.4, -0.2) is 18.5 Å². The fourth-order valence-corrected chi connectivity index (χ4v) is 5.72. The van der Waals surface area contributed by atoms with E-state index >= 15 is 0 Å². The number of rotatable bonds is 15. The van der Waals surface area contributed by atoms with E-state index in [2.05, 4.69) is 109 Å². The van der Waals surface area contributed by atoms with Gasteiger partial charge in [0.15, 0.2) is 0 Å². The second-order valence-corrected chi connectivity index (χ2v) is 11.9. The molecule has 0 saturated carbocycles. The Hall–Kier alpha value is -5.62. The molecule has 0 heterocycles. The number of unbranched alkanes of at least 4 members (excludes halogenated alkanes) is 2. The quantitative estimate of drug-likeness (QED) is 0.0374. The third-order valence-corrected chi connectivity index (χ3v) is 8.24. The average molecular weight is 639 g/mol. The highest BCUT2D eigenvalue weighted by atomic mass is 16.5. The Kier molecular flexibility index (Phi) is 11.4. The lowest BCUT2D eigenvalue weighted by atomic mass is 10.0. The molecule has 5 rings (SSSR count). The summed E-state index contributed by atoms with van der Waals surface area (Å²) >= 11 is 0. The Morgan fingerprint density at radius 2 is 1.17 bits per heavy atom. The summed E-state index contributed by atoms with van der Waals surface area (Å²) in [6, 6.07) is 42.8. The van der Waals surface area contributed by atoms with Crippen molar-refractivity contribution in [3.05, 3.63) is 140 Å². The van der Waals surface area contributed by atoms with Crippen LogP contribution in [0.25, 0.3) is 11.1 Å². The molecule has 0 spiro atoms. The lowest BCUT2D eigenvalue weighted by Gasteiger charge is -2.32. The highest BCUT2D eigenvalue weighted by Crippen LogP contribution is 2.38. The predicted octanol–water partition coefficient (Wildman–Crippen LogP) is 10.9. The van der Waals surface area contributed by atoms with E-state index in [1.54, 1.807) is 31.2 Å². The van der Waals surface area contributed by atoms with Gasteiger partial charge in [0, 0.05) is 40.1 Å². The maximum atomic E-state index is 12.0. The second kappa shape index (κ2) is 16.3. The zero-order chi connectivity index (χ0) is 33.9. The molecule has 0 fully saturated rings. The van der Waals surface area contributed by atoms with Gasteiger partial charge in [0.05, 0.1) is 0 Å². The van der Waals surface area contributed by atoms with E-state index in [0.717, 1.165) is 34.6 Å². The SMILES string of the molecule is C=C(C)C(=O)Oc1ccc(N(c2ccc(OC=O)cc2)c2ccc(-c3ccc(N(c4ccccc4)C(C)CCCCC)cc3)cc2)cc1. The molecule has 48 heavy (non-hydrogen) atoms. The smallest absolute Gasteiger partial charge is 0.338 e. The van der Waals surface area contributed by atoms with E-state index in [9.17, 15) is 9.59 Å². The van der Waals surface area contributed by atoms with Crippen LogP contribution in [0.3, 0.4) is 0 Å². The summed E-state index contributed by atoms with van der Waals surface area (Å²) in [4.78, 5) is 27.4. The van der Waals surface area contributed by atoms with Gasteiger partial charge in [-0.15, -0.1) is 0 Å². The molecule has 0 amide bonds. The van der Waals surface area contributed by atoms with E-state index in [1.807, 2.05) is 24.3 Å². The number of carbonyl (C=O) groups excluding carboxylic acids is 2. The van der Waals surface area contributed by atoms with Crippen molar-refractivity contribution in [2.45, 2.75) is 52.5 Å². The van der Waals surface area contributed by atoms with E-state index < -0.39 is 5.97 Å². The molecule has 0 radical (unpaired) electrons. The van der Waals surface area contributed by atoms with E-state index in [0.29, 0.717) is 29.6 Å². The van der Waals surface area contributed by atoms with Crippen molar-refractivity contribution in [3.8, 4) is 22.6 Å². The van der Waals surface area contributed by atoms with Crippen molar-refractivity contribution >= 4 is 40.9 Å². The summed E-state index contributed by atoms with van der Waals surface area (Å²) in [5.74, 6) is 0.417. The lowest BCUT2D eigenvalue weighted by Crippen LogP contribution is -2.28. The van der Waals surface area contributed by atoms with Gasteiger partial charge in [0.1, 0.15) is 11.5 Å². The van der Waals surface area contributed by atoms with E-state index in [-0.39, 0.29) is 0 Å². The number of esters is 1. The zero-order valence-electron chi connectivity index (χ0n) is 27.8. The number of hydrogen-bond acceptors (Lipinski definition) is 6. The molecule has 1 unspecified atom stereocenters. The van der Waals surface area contributed by atoms with Crippen LogP contribution in [-0.2, 0) is 9.59 Å². The Bertz CT molecular complexity index is 1780. The molecule has 0 aliphatic rings.